The smallest absolute Gasteiger partial charge is 0.159 e. The molecule has 1 unspecified atom stereocenters. The number of furan rings is 1. The van der Waals surface area contributed by atoms with Crippen molar-refractivity contribution >= 4 is 49.8 Å². The van der Waals surface area contributed by atoms with E-state index >= 15 is 0 Å². The van der Waals surface area contributed by atoms with Crippen molar-refractivity contribution in [3.05, 3.63) is 222 Å². The van der Waals surface area contributed by atoms with Gasteiger partial charge in [-0.15, -0.1) is 0 Å². The van der Waals surface area contributed by atoms with Crippen LogP contribution in [-0.2, 0) is 5.41 Å². The molecule has 0 radical (unpaired) electrons. The predicted octanol–water partition coefficient (Wildman–Crippen LogP) is 14.5. The van der Waals surface area contributed by atoms with Gasteiger partial charge in [0.2, 0.25) is 0 Å². The number of para-hydroxylation sites is 2. The first-order chi connectivity index (χ1) is 27.3. The molecule has 0 fully saturated rings. The van der Waals surface area contributed by atoms with Crippen LogP contribution in [0, 0.1) is 0 Å². The number of anilines is 3. The van der Waals surface area contributed by atoms with E-state index < -0.39 is 5.41 Å². The van der Waals surface area contributed by atoms with Gasteiger partial charge in [0.05, 0.1) is 16.8 Å². The molecule has 11 rings (SSSR count). The standard InChI is InChI=1S/C53H37NO/c1-4-17-36(18-5-1)37-31-33-41(34-32-37)54(47-29-16-27-44-43-25-13-15-30-49(43)55-52(44)47)48-35-38-19-10-11-24-42(38)51-50(48)45-26-12-14-28-46(45)53(51,39-20-6-2-7-21-39)40-22-8-3-9-23-40/h1-8,10-22,24-35H,9,23H2. The van der Waals surface area contributed by atoms with Gasteiger partial charge in [0.25, 0.3) is 0 Å². The van der Waals surface area contributed by atoms with Crippen molar-refractivity contribution in [1.82, 2.24) is 0 Å². The SMILES string of the molecule is C1=CCCC(C2(c3ccccc3)c3ccccc3-c3c(N(c4ccc(-c5ccccc5)cc4)c4cccc5c4oc4ccccc45)cc4ccccc4c32)=C1. The van der Waals surface area contributed by atoms with Crippen LogP contribution in [0.3, 0.4) is 0 Å². The van der Waals surface area contributed by atoms with Crippen LogP contribution < -0.4 is 4.90 Å². The molecule has 9 aromatic rings. The van der Waals surface area contributed by atoms with Gasteiger partial charge in [-0.05, 0) is 87.3 Å². The van der Waals surface area contributed by atoms with E-state index in [1.165, 1.54) is 55.3 Å². The van der Waals surface area contributed by atoms with Crippen LogP contribution in [0.1, 0.15) is 29.5 Å². The van der Waals surface area contributed by atoms with Gasteiger partial charge in [0.1, 0.15) is 5.58 Å². The molecule has 8 aromatic carbocycles. The Balaban J connectivity index is 1.28. The summed E-state index contributed by atoms with van der Waals surface area (Å²) in [5.74, 6) is 0. The van der Waals surface area contributed by atoms with Crippen molar-refractivity contribution in [3.8, 4) is 22.3 Å². The number of benzene rings is 8. The monoisotopic (exact) mass is 703 g/mol. The van der Waals surface area contributed by atoms with Crippen LogP contribution in [0.5, 0.6) is 0 Å². The van der Waals surface area contributed by atoms with E-state index in [1.807, 2.05) is 0 Å². The zero-order valence-corrected chi connectivity index (χ0v) is 30.3. The third-order valence-corrected chi connectivity index (χ3v) is 11.8. The maximum absolute atomic E-state index is 6.82. The largest absolute Gasteiger partial charge is 0.454 e. The highest BCUT2D eigenvalue weighted by molar-refractivity contribution is 6.13. The predicted molar refractivity (Wildman–Crippen MR) is 230 cm³/mol. The molecule has 55 heavy (non-hydrogen) atoms. The van der Waals surface area contributed by atoms with Gasteiger partial charge in [-0.1, -0.05) is 175 Å². The van der Waals surface area contributed by atoms with Crippen molar-refractivity contribution in [2.75, 3.05) is 4.90 Å². The van der Waals surface area contributed by atoms with Gasteiger partial charge in [-0.3, -0.25) is 0 Å². The molecule has 0 saturated carbocycles. The minimum absolute atomic E-state index is 0.484. The Labute approximate surface area is 320 Å². The average Bonchev–Trinajstić information content (AvgIpc) is 3.80. The maximum atomic E-state index is 6.82. The number of allylic oxidation sites excluding steroid dienone is 4. The van der Waals surface area contributed by atoms with E-state index in [9.17, 15) is 0 Å². The Kier molecular flexibility index (Phi) is 7.25. The van der Waals surface area contributed by atoms with Gasteiger partial charge < -0.3 is 9.32 Å². The number of fused-ring (bicyclic) bond motifs is 8. The molecule has 2 nitrogen and oxygen atoms in total. The Hall–Kier alpha value is -6.90. The minimum Gasteiger partial charge on any atom is -0.454 e. The lowest BCUT2D eigenvalue weighted by Crippen LogP contribution is -2.30. The summed E-state index contributed by atoms with van der Waals surface area (Å²) in [6.45, 7) is 0. The second-order valence-electron chi connectivity index (χ2n) is 14.7. The van der Waals surface area contributed by atoms with Crippen LogP contribution in [-0.4, -0.2) is 0 Å². The van der Waals surface area contributed by atoms with Gasteiger partial charge in [-0.2, -0.15) is 0 Å². The molecule has 1 atom stereocenters. The molecule has 1 heterocycles. The molecule has 2 aliphatic carbocycles. The van der Waals surface area contributed by atoms with E-state index in [-0.39, 0.29) is 0 Å². The van der Waals surface area contributed by atoms with Crippen LogP contribution in [0.25, 0.3) is 55.0 Å². The highest BCUT2D eigenvalue weighted by Crippen LogP contribution is 2.62. The second-order valence-corrected chi connectivity index (χ2v) is 14.7. The summed E-state index contributed by atoms with van der Waals surface area (Å²) in [5, 5.41) is 4.71. The summed E-state index contributed by atoms with van der Waals surface area (Å²) in [6, 6.07) is 66.4. The maximum Gasteiger partial charge on any atom is 0.159 e. The fraction of sp³-hybridized carbons (Fsp3) is 0.0566. The molecule has 2 aliphatic rings. The molecule has 0 saturated heterocycles. The average molecular weight is 704 g/mol. The number of hydrogen-bond acceptors (Lipinski definition) is 2. The minimum atomic E-state index is -0.484. The van der Waals surface area contributed by atoms with Gasteiger partial charge in [0.15, 0.2) is 5.58 Å². The summed E-state index contributed by atoms with van der Waals surface area (Å²) in [6.07, 6.45) is 8.95. The zero-order valence-electron chi connectivity index (χ0n) is 30.3. The molecule has 0 spiro atoms. The Bertz CT molecular complexity index is 2970. The summed E-state index contributed by atoms with van der Waals surface area (Å²) >= 11 is 0. The number of nitrogens with zero attached hydrogens (tertiary/aromatic N) is 1. The molecule has 2 heteroatoms. The van der Waals surface area contributed by atoms with Crippen molar-refractivity contribution in [1.29, 1.82) is 0 Å². The molecule has 1 aromatic heterocycles. The lowest BCUT2D eigenvalue weighted by Gasteiger charge is -2.38. The topological polar surface area (TPSA) is 16.4 Å². The van der Waals surface area contributed by atoms with E-state index in [2.05, 4.69) is 205 Å². The van der Waals surface area contributed by atoms with Crippen LogP contribution in [0.15, 0.2) is 210 Å². The highest BCUT2D eigenvalue weighted by Gasteiger charge is 2.49. The van der Waals surface area contributed by atoms with Crippen molar-refractivity contribution in [2.45, 2.75) is 18.3 Å². The van der Waals surface area contributed by atoms with Gasteiger partial charge in [0, 0.05) is 22.0 Å². The molecule has 260 valence electrons. The highest BCUT2D eigenvalue weighted by atomic mass is 16.3. The van der Waals surface area contributed by atoms with Gasteiger partial charge >= 0.3 is 0 Å². The lowest BCUT2D eigenvalue weighted by atomic mass is 9.64. The zero-order chi connectivity index (χ0) is 36.3. The summed E-state index contributed by atoms with van der Waals surface area (Å²) in [5.41, 5.74) is 14.8. The first kappa shape index (κ1) is 31.6. The molecular formula is C53H37NO. The van der Waals surface area contributed by atoms with Crippen molar-refractivity contribution < 1.29 is 4.42 Å². The molecule has 0 N–H and O–H groups in total. The Morgan fingerprint density at radius 3 is 2.05 bits per heavy atom. The summed E-state index contributed by atoms with van der Waals surface area (Å²) in [4.78, 5) is 2.46. The number of rotatable bonds is 6. The second kappa shape index (κ2) is 12.6. The third kappa shape index (κ3) is 4.74. The summed E-state index contributed by atoms with van der Waals surface area (Å²) < 4.78 is 6.82. The fourth-order valence-corrected chi connectivity index (χ4v) is 9.51. The lowest BCUT2D eigenvalue weighted by molar-refractivity contribution is 0.669. The molecule has 0 bridgehead atoms. The number of hydrogen-bond donors (Lipinski definition) is 0. The van der Waals surface area contributed by atoms with Crippen molar-refractivity contribution in [2.24, 2.45) is 0 Å². The van der Waals surface area contributed by atoms with Crippen molar-refractivity contribution in [3.63, 3.8) is 0 Å². The molecule has 0 aliphatic heterocycles. The van der Waals surface area contributed by atoms with E-state index in [0.717, 1.165) is 51.8 Å². The van der Waals surface area contributed by atoms with Crippen LogP contribution in [0.2, 0.25) is 0 Å². The molecular weight excluding hydrogens is 667 g/mol. The first-order valence-corrected chi connectivity index (χ1v) is 19.2. The van der Waals surface area contributed by atoms with E-state index in [0.29, 0.717) is 0 Å². The Morgan fingerprint density at radius 1 is 0.545 bits per heavy atom. The normalized spacial score (nSPS) is 16.0. The molecule has 0 amide bonds. The van der Waals surface area contributed by atoms with Gasteiger partial charge in [-0.25, -0.2) is 0 Å². The summed E-state index contributed by atoms with van der Waals surface area (Å²) in [7, 11) is 0. The van der Waals surface area contributed by atoms with Crippen LogP contribution >= 0.6 is 0 Å². The third-order valence-electron chi connectivity index (χ3n) is 11.8. The van der Waals surface area contributed by atoms with Crippen LogP contribution in [0.4, 0.5) is 17.1 Å². The quantitative estimate of drug-likeness (QED) is 0.171. The Morgan fingerprint density at radius 2 is 1.24 bits per heavy atom. The first-order valence-electron chi connectivity index (χ1n) is 19.2. The fourth-order valence-electron chi connectivity index (χ4n) is 9.51. The van der Waals surface area contributed by atoms with E-state index in [4.69, 9.17) is 4.42 Å². The van der Waals surface area contributed by atoms with E-state index in [1.54, 1.807) is 0 Å².